The molecular formula is C16H22F6IN3O2. The molecule has 5 nitrogen and oxygen atoms in total. The fourth-order valence-electron chi connectivity index (χ4n) is 1.85. The molecule has 0 heterocycles. The normalized spacial score (nSPS) is 13.5. The highest BCUT2D eigenvalue weighted by Gasteiger charge is 2.30. The number of hydrogen-bond acceptors (Lipinski definition) is 3. The maximum atomic E-state index is 12.5. The Morgan fingerprint density at radius 3 is 2.21 bits per heavy atom. The van der Waals surface area contributed by atoms with Gasteiger partial charge in [0.25, 0.3) is 0 Å². The summed E-state index contributed by atoms with van der Waals surface area (Å²) in [6, 6.07) is 3.96. The lowest BCUT2D eigenvalue weighted by Gasteiger charge is -2.14. The predicted octanol–water partition coefficient (Wildman–Crippen LogP) is 3.57. The third-order valence-electron chi connectivity index (χ3n) is 3.13. The monoisotopic (exact) mass is 529 g/mol. The highest BCUT2D eigenvalue weighted by atomic mass is 127. The molecule has 3 N–H and O–H groups in total. The number of benzene rings is 1. The summed E-state index contributed by atoms with van der Waals surface area (Å²) in [5.74, 6) is 0.247. The molecule has 1 aromatic carbocycles. The van der Waals surface area contributed by atoms with Crippen molar-refractivity contribution in [3.63, 3.8) is 0 Å². The van der Waals surface area contributed by atoms with Crippen molar-refractivity contribution >= 4 is 29.9 Å². The Balaban J connectivity index is 0.00000729. The molecule has 0 aliphatic heterocycles. The number of aliphatic hydroxyl groups excluding tert-OH is 1. The molecule has 0 saturated heterocycles. The van der Waals surface area contributed by atoms with Crippen LogP contribution in [0.3, 0.4) is 0 Å². The van der Waals surface area contributed by atoms with Crippen molar-refractivity contribution < 1.29 is 36.2 Å². The second-order valence-corrected chi connectivity index (χ2v) is 5.50. The van der Waals surface area contributed by atoms with Crippen LogP contribution in [-0.2, 0) is 6.18 Å². The summed E-state index contributed by atoms with van der Waals surface area (Å²) < 4.78 is 79.0. The van der Waals surface area contributed by atoms with E-state index in [4.69, 9.17) is 4.74 Å². The van der Waals surface area contributed by atoms with Crippen LogP contribution in [0.4, 0.5) is 26.3 Å². The summed E-state index contributed by atoms with van der Waals surface area (Å²) in [5, 5.41) is 15.0. The van der Waals surface area contributed by atoms with E-state index < -0.39 is 30.4 Å². The van der Waals surface area contributed by atoms with Gasteiger partial charge in [-0.05, 0) is 31.2 Å². The summed E-state index contributed by atoms with van der Waals surface area (Å²) in [7, 11) is 0. The number of nitrogens with zero attached hydrogens (tertiary/aromatic N) is 1. The van der Waals surface area contributed by atoms with E-state index in [2.05, 4.69) is 15.6 Å². The van der Waals surface area contributed by atoms with Crippen LogP contribution in [0.5, 0.6) is 5.75 Å². The van der Waals surface area contributed by atoms with Crippen LogP contribution < -0.4 is 15.4 Å². The molecule has 0 amide bonds. The van der Waals surface area contributed by atoms with Gasteiger partial charge in [0.15, 0.2) is 5.96 Å². The van der Waals surface area contributed by atoms with Crippen molar-refractivity contribution in [3.8, 4) is 5.75 Å². The topological polar surface area (TPSA) is 65.9 Å². The Bertz CT molecular complexity index is 594. The van der Waals surface area contributed by atoms with Crippen LogP contribution >= 0.6 is 24.0 Å². The van der Waals surface area contributed by atoms with Gasteiger partial charge in [-0.25, -0.2) is 0 Å². The Labute approximate surface area is 175 Å². The van der Waals surface area contributed by atoms with Gasteiger partial charge in [-0.15, -0.1) is 24.0 Å². The minimum atomic E-state index is -4.45. The molecule has 0 radical (unpaired) electrons. The van der Waals surface area contributed by atoms with Gasteiger partial charge in [0.2, 0.25) is 0 Å². The lowest BCUT2D eigenvalue weighted by molar-refractivity contribution is -0.137. The van der Waals surface area contributed by atoms with Crippen molar-refractivity contribution in [1.82, 2.24) is 10.6 Å². The highest BCUT2D eigenvalue weighted by molar-refractivity contribution is 14.0. The molecule has 0 aliphatic rings. The first-order valence-electron chi connectivity index (χ1n) is 8.08. The van der Waals surface area contributed by atoms with E-state index in [1.165, 1.54) is 0 Å². The number of alkyl halides is 6. The summed E-state index contributed by atoms with van der Waals surface area (Å²) >= 11 is 0. The zero-order valence-electron chi connectivity index (χ0n) is 14.9. The molecular weight excluding hydrogens is 507 g/mol. The molecule has 0 fully saturated rings. The second-order valence-electron chi connectivity index (χ2n) is 5.50. The number of rotatable bonds is 8. The van der Waals surface area contributed by atoms with Gasteiger partial charge in [0, 0.05) is 13.1 Å². The molecule has 1 rings (SSSR count). The molecule has 0 bridgehead atoms. The van der Waals surface area contributed by atoms with E-state index in [1.54, 1.807) is 6.92 Å². The summed E-state index contributed by atoms with van der Waals surface area (Å²) in [4.78, 5) is 3.94. The lowest BCUT2D eigenvalue weighted by Crippen LogP contribution is -2.39. The van der Waals surface area contributed by atoms with Crippen LogP contribution in [0.1, 0.15) is 18.9 Å². The van der Waals surface area contributed by atoms with Crippen LogP contribution in [0, 0.1) is 0 Å². The number of nitrogens with one attached hydrogen (secondary N) is 2. The Morgan fingerprint density at radius 2 is 1.71 bits per heavy atom. The quantitative estimate of drug-likeness (QED) is 0.209. The maximum Gasteiger partial charge on any atom is 0.416 e. The molecule has 0 aliphatic carbocycles. The first-order valence-corrected chi connectivity index (χ1v) is 8.08. The number of aliphatic hydroxyl groups is 1. The molecule has 28 heavy (non-hydrogen) atoms. The fourth-order valence-corrected chi connectivity index (χ4v) is 1.85. The van der Waals surface area contributed by atoms with Crippen LogP contribution in [0.15, 0.2) is 29.3 Å². The van der Waals surface area contributed by atoms with Gasteiger partial charge in [0.05, 0.1) is 18.5 Å². The SMILES string of the molecule is CCNC(=NCC(O)COc1ccc(C(F)(F)F)cc1)NCCC(F)(F)F.I. The van der Waals surface area contributed by atoms with Crippen LogP contribution in [0.25, 0.3) is 0 Å². The third kappa shape index (κ3) is 11.4. The van der Waals surface area contributed by atoms with E-state index in [9.17, 15) is 31.4 Å². The molecule has 162 valence electrons. The molecule has 0 aromatic heterocycles. The first kappa shape index (κ1) is 26.6. The fraction of sp³-hybridized carbons (Fsp3) is 0.562. The zero-order chi connectivity index (χ0) is 20.5. The van der Waals surface area contributed by atoms with Gasteiger partial charge >= 0.3 is 12.4 Å². The van der Waals surface area contributed by atoms with E-state index in [0.717, 1.165) is 24.3 Å². The summed E-state index contributed by atoms with van der Waals surface area (Å²) in [6.45, 7) is 1.37. The van der Waals surface area contributed by atoms with Crippen molar-refractivity contribution in [2.24, 2.45) is 4.99 Å². The molecule has 0 saturated carbocycles. The van der Waals surface area contributed by atoms with Crippen LogP contribution in [-0.4, -0.2) is 49.6 Å². The van der Waals surface area contributed by atoms with E-state index in [0.29, 0.717) is 6.54 Å². The van der Waals surface area contributed by atoms with Crippen molar-refractivity contribution in [3.05, 3.63) is 29.8 Å². The second kappa shape index (κ2) is 12.2. The van der Waals surface area contributed by atoms with Crippen LogP contribution in [0.2, 0.25) is 0 Å². The molecule has 1 aromatic rings. The van der Waals surface area contributed by atoms with Gasteiger partial charge in [-0.2, -0.15) is 26.3 Å². The lowest BCUT2D eigenvalue weighted by atomic mass is 10.2. The summed E-state index contributed by atoms with van der Waals surface area (Å²) in [5.41, 5.74) is -0.819. The zero-order valence-corrected chi connectivity index (χ0v) is 17.2. The standard InChI is InChI=1S/C16H21F6N3O2.HI/c1-2-23-14(24-8-7-15(17,18)19)25-9-12(26)10-27-13-5-3-11(4-6-13)16(20,21)22;/h3-6,12,26H,2,7-10H2,1H3,(H2,23,24,25);1H. The number of halogens is 7. The predicted molar refractivity (Wildman–Crippen MR) is 103 cm³/mol. The molecule has 12 heteroatoms. The van der Waals surface area contributed by atoms with E-state index in [-0.39, 0.29) is 55.4 Å². The van der Waals surface area contributed by atoms with Crippen molar-refractivity contribution in [2.45, 2.75) is 31.8 Å². The highest BCUT2D eigenvalue weighted by Crippen LogP contribution is 2.30. The number of guanidine groups is 1. The van der Waals surface area contributed by atoms with Gasteiger partial charge in [0.1, 0.15) is 18.5 Å². The smallest absolute Gasteiger partial charge is 0.416 e. The largest absolute Gasteiger partial charge is 0.491 e. The molecule has 1 unspecified atom stereocenters. The Kier molecular flexibility index (Phi) is 11.6. The number of aliphatic imine (C=N–C) groups is 1. The number of hydrogen-bond donors (Lipinski definition) is 3. The molecule has 0 spiro atoms. The van der Waals surface area contributed by atoms with Gasteiger partial charge < -0.3 is 20.5 Å². The Morgan fingerprint density at radius 1 is 1.11 bits per heavy atom. The first-order chi connectivity index (χ1) is 12.5. The minimum absolute atomic E-state index is 0. The Hall–Kier alpha value is -1.44. The van der Waals surface area contributed by atoms with Crippen molar-refractivity contribution in [2.75, 3.05) is 26.2 Å². The maximum absolute atomic E-state index is 12.5. The molecule has 1 atom stereocenters. The summed E-state index contributed by atoms with van der Waals surface area (Å²) in [6.07, 6.45) is -10.9. The minimum Gasteiger partial charge on any atom is -0.491 e. The number of ether oxygens (including phenoxy) is 1. The third-order valence-corrected chi connectivity index (χ3v) is 3.13. The van der Waals surface area contributed by atoms with E-state index in [1.807, 2.05) is 0 Å². The average Bonchev–Trinajstić information content (AvgIpc) is 2.56. The van der Waals surface area contributed by atoms with Crippen molar-refractivity contribution in [1.29, 1.82) is 0 Å². The van der Waals surface area contributed by atoms with Gasteiger partial charge in [-0.3, -0.25) is 4.99 Å². The average molecular weight is 529 g/mol. The van der Waals surface area contributed by atoms with Gasteiger partial charge in [-0.1, -0.05) is 0 Å². The van der Waals surface area contributed by atoms with E-state index >= 15 is 0 Å².